The highest BCUT2D eigenvalue weighted by molar-refractivity contribution is 7.99. The number of amides is 4. The lowest BCUT2D eigenvalue weighted by molar-refractivity contribution is -0.137. The van der Waals surface area contributed by atoms with Crippen molar-refractivity contribution in [2.24, 2.45) is 0 Å². The van der Waals surface area contributed by atoms with Gasteiger partial charge in [-0.3, -0.25) is 15.0 Å². The summed E-state index contributed by atoms with van der Waals surface area (Å²) in [6, 6.07) is 3.84. The van der Waals surface area contributed by atoms with E-state index in [9.17, 15) is 14.4 Å². The average molecular weight is 435 g/mol. The van der Waals surface area contributed by atoms with E-state index in [1.807, 2.05) is 11.4 Å². The van der Waals surface area contributed by atoms with Crippen LogP contribution in [-0.4, -0.2) is 48.9 Å². The van der Waals surface area contributed by atoms with Gasteiger partial charge in [-0.05, 0) is 37.6 Å². The van der Waals surface area contributed by atoms with E-state index in [0.717, 1.165) is 23.7 Å². The monoisotopic (exact) mass is 434 g/mol. The Labute approximate surface area is 176 Å². The predicted octanol–water partition coefficient (Wildman–Crippen LogP) is 2.11. The number of hydrogen-bond donors (Lipinski definition) is 2. The fraction of sp³-hybridized carbons (Fsp3) is 0.500. The Morgan fingerprint density at radius 3 is 2.83 bits per heavy atom. The van der Waals surface area contributed by atoms with Crippen LogP contribution in [0.15, 0.2) is 22.7 Å². The van der Waals surface area contributed by atoms with E-state index in [4.69, 9.17) is 0 Å². The van der Waals surface area contributed by atoms with Gasteiger partial charge in [-0.15, -0.1) is 21.5 Å². The van der Waals surface area contributed by atoms with Crippen molar-refractivity contribution in [3.05, 3.63) is 28.2 Å². The number of nitrogens with zero attached hydrogens (tertiary/aromatic N) is 4. The summed E-state index contributed by atoms with van der Waals surface area (Å²) >= 11 is 2.94. The van der Waals surface area contributed by atoms with Crippen LogP contribution in [0.25, 0.3) is 0 Å². The normalized spacial score (nSPS) is 21.5. The van der Waals surface area contributed by atoms with Gasteiger partial charge < -0.3 is 9.88 Å². The molecule has 2 fully saturated rings. The van der Waals surface area contributed by atoms with E-state index >= 15 is 0 Å². The first-order valence-corrected chi connectivity index (χ1v) is 11.3. The highest BCUT2D eigenvalue weighted by Crippen LogP contribution is 2.39. The first kappa shape index (κ1) is 19.9. The van der Waals surface area contributed by atoms with Crippen LogP contribution in [0.3, 0.4) is 0 Å². The molecule has 1 saturated carbocycles. The second-order valence-electron chi connectivity index (χ2n) is 7.34. The number of carbonyl (C=O) groups is 3. The largest absolute Gasteiger partial charge is 0.344 e. The maximum absolute atomic E-state index is 12.4. The van der Waals surface area contributed by atoms with Crippen LogP contribution in [-0.2, 0) is 16.0 Å². The minimum absolute atomic E-state index is 0.0315. The molecule has 4 rings (SSSR count). The molecule has 0 spiro atoms. The Bertz CT molecular complexity index is 940. The second-order valence-corrected chi connectivity index (χ2v) is 9.31. The fourth-order valence-electron chi connectivity index (χ4n) is 3.11. The Kier molecular flexibility index (Phi) is 5.34. The minimum Gasteiger partial charge on any atom is -0.322 e. The van der Waals surface area contributed by atoms with E-state index in [1.165, 1.54) is 16.6 Å². The van der Waals surface area contributed by atoms with Gasteiger partial charge in [-0.2, -0.15) is 5.01 Å². The molecule has 154 valence electrons. The standard InChI is InChI=1S/C18H22N6O3S2/c1-3-18(2)15(26)24(16(27)19-18)22-14(25)10-29-17-21-20-13(23(17)11-6-7-11)9-12-5-4-8-28-12/h4-5,8,11H,3,6-7,9-10H2,1-2H3,(H,19,27)(H,22,25)/t18-/m0/s1. The number of thioether (sulfide) groups is 1. The SMILES string of the molecule is CC[C@]1(C)NC(=O)N(NC(=O)CSc2nnc(Cc3cccs3)n2C2CC2)C1=O. The number of carbonyl (C=O) groups excluding carboxylic acids is 3. The van der Waals surface area contributed by atoms with Gasteiger partial charge in [0.05, 0.1) is 5.75 Å². The van der Waals surface area contributed by atoms with Gasteiger partial charge in [0.2, 0.25) is 5.91 Å². The lowest BCUT2D eigenvalue weighted by Crippen LogP contribution is -2.49. The smallest absolute Gasteiger partial charge is 0.322 e. The molecule has 0 radical (unpaired) electrons. The summed E-state index contributed by atoms with van der Waals surface area (Å²) in [6.45, 7) is 3.44. The molecule has 11 heteroatoms. The predicted molar refractivity (Wildman–Crippen MR) is 108 cm³/mol. The molecule has 1 aliphatic carbocycles. The second kappa shape index (κ2) is 7.79. The van der Waals surface area contributed by atoms with Gasteiger partial charge >= 0.3 is 6.03 Å². The molecule has 1 atom stereocenters. The van der Waals surface area contributed by atoms with E-state index in [0.29, 0.717) is 24.0 Å². The van der Waals surface area contributed by atoms with E-state index in [2.05, 4.69) is 31.6 Å². The molecule has 0 bridgehead atoms. The van der Waals surface area contributed by atoms with Crippen molar-refractivity contribution in [3.8, 4) is 0 Å². The summed E-state index contributed by atoms with van der Waals surface area (Å²) in [5.74, 6) is 0.0291. The van der Waals surface area contributed by atoms with E-state index in [-0.39, 0.29) is 5.75 Å². The molecule has 1 saturated heterocycles. The number of imide groups is 1. The number of urea groups is 1. The topological polar surface area (TPSA) is 109 Å². The molecule has 2 N–H and O–H groups in total. The maximum atomic E-state index is 12.4. The van der Waals surface area contributed by atoms with Crippen LogP contribution in [0, 0.1) is 0 Å². The molecule has 1 aliphatic heterocycles. The Balaban J connectivity index is 1.39. The van der Waals surface area contributed by atoms with Crippen LogP contribution in [0.4, 0.5) is 4.79 Å². The summed E-state index contributed by atoms with van der Waals surface area (Å²) in [5.41, 5.74) is 1.42. The Morgan fingerprint density at radius 2 is 2.21 bits per heavy atom. The number of nitrogens with one attached hydrogen (secondary N) is 2. The fourth-order valence-corrected chi connectivity index (χ4v) is 4.63. The van der Waals surface area contributed by atoms with Gasteiger partial charge in [0, 0.05) is 17.3 Å². The van der Waals surface area contributed by atoms with Crippen LogP contribution in [0.2, 0.25) is 0 Å². The molecule has 4 amide bonds. The molecular weight excluding hydrogens is 412 g/mol. The van der Waals surface area contributed by atoms with Gasteiger partial charge in [-0.25, -0.2) is 4.79 Å². The molecule has 2 aromatic rings. The minimum atomic E-state index is -0.986. The number of aromatic nitrogens is 3. The number of hydrogen-bond acceptors (Lipinski definition) is 7. The molecule has 2 aliphatic rings. The van der Waals surface area contributed by atoms with Gasteiger partial charge in [-0.1, -0.05) is 24.8 Å². The molecule has 29 heavy (non-hydrogen) atoms. The van der Waals surface area contributed by atoms with Gasteiger partial charge in [0.15, 0.2) is 5.16 Å². The summed E-state index contributed by atoms with van der Waals surface area (Å²) in [5, 5.41) is 14.7. The van der Waals surface area contributed by atoms with Crippen molar-refractivity contribution >= 4 is 40.9 Å². The lowest BCUT2D eigenvalue weighted by Gasteiger charge is -2.19. The average Bonchev–Trinajstić information content (AvgIpc) is 3.17. The quantitative estimate of drug-likeness (QED) is 0.487. The number of rotatable bonds is 8. The highest BCUT2D eigenvalue weighted by atomic mass is 32.2. The van der Waals surface area contributed by atoms with Gasteiger partial charge in [0.25, 0.3) is 5.91 Å². The third-order valence-corrected chi connectivity index (χ3v) is 6.92. The first-order chi connectivity index (χ1) is 13.9. The van der Waals surface area contributed by atoms with Crippen molar-refractivity contribution in [2.45, 2.75) is 56.3 Å². The van der Waals surface area contributed by atoms with Gasteiger partial charge in [0.1, 0.15) is 11.4 Å². The summed E-state index contributed by atoms with van der Waals surface area (Å²) < 4.78 is 2.11. The summed E-state index contributed by atoms with van der Waals surface area (Å²) in [6.07, 6.45) is 3.31. The van der Waals surface area contributed by atoms with Crippen molar-refractivity contribution in [2.75, 3.05) is 5.75 Å². The molecule has 3 heterocycles. The highest BCUT2D eigenvalue weighted by Gasteiger charge is 2.47. The van der Waals surface area contributed by atoms with Crippen molar-refractivity contribution in [1.29, 1.82) is 0 Å². The first-order valence-electron chi connectivity index (χ1n) is 9.46. The van der Waals surface area contributed by atoms with Crippen LogP contribution < -0.4 is 10.7 Å². The Hall–Kier alpha value is -2.40. The third kappa shape index (κ3) is 4.01. The van der Waals surface area contributed by atoms with E-state index in [1.54, 1.807) is 25.2 Å². The number of thiophene rings is 1. The zero-order valence-corrected chi connectivity index (χ0v) is 17.8. The zero-order valence-electron chi connectivity index (χ0n) is 16.2. The summed E-state index contributed by atoms with van der Waals surface area (Å²) in [7, 11) is 0. The van der Waals surface area contributed by atoms with Crippen LogP contribution >= 0.6 is 23.1 Å². The maximum Gasteiger partial charge on any atom is 0.344 e. The van der Waals surface area contributed by atoms with Crippen molar-refractivity contribution in [1.82, 2.24) is 30.5 Å². The third-order valence-electron chi connectivity index (χ3n) is 5.10. The molecule has 2 aromatic heterocycles. The molecule has 9 nitrogen and oxygen atoms in total. The molecular formula is C18H22N6O3S2. The Morgan fingerprint density at radius 1 is 1.41 bits per heavy atom. The lowest BCUT2D eigenvalue weighted by atomic mass is 10.00. The van der Waals surface area contributed by atoms with Crippen LogP contribution in [0.1, 0.15) is 49.9 Å². The number of hydrazine groups is 1. The summed E-state index contributed by atoms with van der Waals surface area (Å²) in [4.78, 5) is 38.0. The zero-order chi connectivity index (χ0) is 20.6. The van der Waals surface area contributed by atoms with Crippen LogP contribution in [0.5, 0.6) is 0 Å². The van der Waals surface area contributed by atoms with Crippen molar-refractivity contribution in [3.63, 3.8) is 0 Å². The van der Waals surface area contributed by atoms with Crippen molar-refractivity contribution < 1.29 is 14.4 Å². The molecule has 0 aromatic carbocycles. The van der Waals surface area contributed by atoms with E-state index < -0.39 is 23.4 Å². The molecule has 0 unspecified atom stereocenters.